The Kier molecular flexibility index (Phi) is 11.6. The van der Waals surface area contributed by atoms with Crippen LogP contribution >= 0.6 is 24.8 Å². The zero-order valence-electron chi connectivity index (χ0n) is 17.5. The molecule has 2 aromatic rings. The Balaban J connectivity index is 0.00000240. The molecule has 1 heterocycles. The molecule has 1 saturated heterocycles. The van der Waals surface area contributed by atoms with Gasteiger partial charge in [-0.3, -0.25) is 9.59 Å². The van der Waals surface area contributed by atoms with Gasteiger partial charge in [0.05, 0.1) is 6.04 Å². The molecule has 2 aromatic carbocycles. The van der Waals surface area contributed by atoms with Gasteiger partial charge < -0.3 is 21.7 Å². The summed E-state index contributed by atoms with van der Waals surface area (Å²) in [4.78, 5) is 27.3. The van der Waals surface area contributed by atoms with Crippen molar-refractivity contribution in [2.24, 2.45) is 11.5 Å². The van der Waals surface area contributed by atoms with Crippen molar-refractivity contribution in [2.75, 3.05) is 13.1 Å². The Morgan fingerprint density at radius 1 is 1.03 bits per heavy atom. The zero-order chi connectivity index (χ0) is 20.6. The number of nitrogens with two attached hydrogens (primary N) is 2. The molecule has 0 spiro atoms. The highest BCUT2D eigenvalue weighted by molar-refractivity contribution is 5.90. The molecule has 0 bridgehead atoms. The molecule has 1 aliphatic rings. The second kappa shape index (κ2) is 13.3. The van der Waals surface area contributed by atoms with E-state index in [1.807, 2.05) is 54.6 Å². The largest absolute Gasteiger partial charge is 0.350 e. The van der Waals surface area contributed by atoms with E-state index in [9.17, 15) is 9.59 Å². The van der Waals surface area contributed by atoms with Crippen LogP contribution in [0.3, 0.4) is 0 Å². The van der Waals surface area contributed by atoms with Crippen molar-refractivity contribution < 1.29 is 9.59 Å². The van der Waals surface area contributed by atoms with Gasteiger partial charge in [-0.15, -0.1) is 24.8 Å². The Bertz CT molecular complexity index is 835. The summed E-state index contributed by atoms with van der Waals surface area (Å²) in [6.45, 7) is 1.57. The number of benzene rings is 2. The molecular formula is C23H32Cl2N4O2. The van der Waals surface area contributed by atoms with Gasteiger partial charge in [0, 0.05) is 13.1 Å². The predicted molar refractivity (Wildman–Crippen MR) is 128 cm³/mol. The maximum atomic E-state index is 12.9. The molecule has 8 heteroatoms. The van der Waals surface area contributed by atoms with Crippen molar-refractivity contribution in [3.05, 3.63) is 71.3 Å². The minimum Gasteiger partial charge on any atom is -0.350 e. The van der Waals surface area contributed by atoms with Gasteiger partial charge in [-0.25, -0.2) is 0 Å². The summed E-state index contributed by atoms with van der Waals surface area (Å²) in [7, 11) is 0. The van der Waals surface area contributed by atoms with E-state index in [4.69, 9.17) is 11.5 Å². The summed E-state index contributed by atoms with van der Waals surface area (Å²) >= 11 is 0. The summed E-state index contributed by atoms with van der Waals surface area (Å²) in [5.74, 6) is -0.277. The molecule has 0 aromatic heterocycles. The van der Waals surface area contributed by atoms with Crippen LogP contribution in [-0.2, 0) is 29.0 Å². The first-order chi connectivity index (χ1) is 14.1. The van der Waals surface area contributed by atoms with Crippen molar-refractivity contribution in [1.82, 2.24) is 10.2 Å². The van der Waals surface area contributed by atoms with Gasteiger partial charge in [0.1, 0.15) is 6.04 Å². The van der Waals surface area contributed by atoms with Crippen LogP contribution in [0.1, 0.15) is 29.5 Å². The van der Waals surface area contributed by atoms with Gasteiger partial charge >= 0.3 is 0 Å². The number of carbonyl (C=O) groups excluding carboxylic acids is 2. The topological polar surface area (TPSA) is 101 Å². The van der Waals surface area contributed by atoms with E-state index in [2.05, 4.69) is 5.32 Å². The molecule has 2 atom stereocenters. The average molecular weight is 467 g/mol. The van der Waals surface area contributed by atoms with Crippen LogP contribution in [0.5, 0.6) is 0 Å². The Labute approximate surface area is 196 Å². The number of nitrogens with one attached hydrogen (secondary N) is 1. The number of halogens is 2. The number of hydrogen-bond acceptors (Lipinski definition) is 4. The van der Waals surface area contributed by atoms with Gasteiger partial charge in [0.15, 0.2) is 0 Å². The number of nitrogens with zero attached hydrogens (tertiary/aromatic N) is 1. The highest BCUT2D eigenvalue weighted by Crippen LogP contribution is 2.19. The molecule has 31 heavy (non-hydrogen) atoms. The molecule has 1 fully saturated rings. The monoisotopic (exact) mass is 466 g/mol. The van der Waals surface area contributed by atoms with Crippen LogP contribution < -0.4 is 16.8 Å². The standard InChI is InChI=1S/C23H30N4O2.2ClH/c24-13-12-18-9-4-5-10-19(18)16-26-22(28)21-11-6-14-27(21)23(29)20(25)15-17-7-2-1-3-8-17;;/h1-5,7-10,20-21H,6,11-16,24-25H2,(H,26,28);2*1H/t20-,21+;;/m1../s1. The number of amides is 2. The molecule has 0 aliphatic carbocycles. The smallest absolute Gasteiger partial charge is 0.243 e. The van der Waals surface area contributed by atoms with Gasteiger partial charge in [-0.1, -0.05) is 54.6 Å². The van der Waals surface area contributed by atoms with E-state index < -0.39 is 12.1 Å². The molecule has 1 aliphatic heterocycles. The number of carbonyl (C=O) groups is 2. The molecule has 170 valence electrons. The van der Waals surface area contributed by atoms with Gasteiger partial charge in [-0.05, 0) is 48.9 Å². The fraction of sp³-hybridized carbons (Fsp3) is 0.391. The Morgan fingerprint density at radius 3 is 2.35 bits per heavy atom. The molecule has 0 saturated carbocycles. The molecule has 0 unspecified atom stereocenters. The molecule has 6 nitrogen and oxygen atoms in total. The normalized spacial score (nSPS) is 16.1. The minimum atomic E-state index is -0.643. The lowest BCUT2D eigenvalue weighted by Crippen LogP contribution is -2.51. The maximum Gasteiger partial charge on any atom is 0.243 e. The predicted octanol–water partition coefficient (Wildman–Crippen LogP) is 2.21. The second-order valence-corrected chi connectivity index (χ2v) is 7.51. The SMILES string of the molecule is Cl.Cl.NCCc1ccccc1CNC(=O)[C@@H]1CCCN1C(=O)[C@H](N)Cc1ccccc1. The minimum absolute atomic E-state index is 0. The van der Waals surface area contributed by atoms with Crippen molar-refractivity contribution in [3.8, 4) is 0 Å². The Morgan fingerprint density at radius 2 is 1.68 bits per heavy atom. The molecule has 2 amide bonds. The van der Waals surface area contributed by atoms with Crippen molar-refractivity contribution >= 4 is 36.6 Å². The van der Waals surface area contributed by atoms with E-state index in [1.54, 1.807) is 4.90 Å². The molecule has 0 radical (unpaired) electrons. The van der Waals surface area contributed by atoms with E-state index in [0.717, 1.165) is 29.5 Å². The van der Waals surface area contributed by atoms with E-state index >= 15 is 0 Å². The summed E-state index contributed by atoms with van der Waals surface area (Å²) < 4.78 is 0. The summed E-state index contributed by atoms with van der Waals surface area (Å²) in [6.07, 6.45) is 2.72. The highest BCUT2D eigenvalue weighted by Gasteiger charge is 2.36. The first kappa shape index (κ1) is 26.9. The first-order valence-corrected chi connectivity index (χ1v) is 10.2. The van der Waals surface area contributed by atoms with E-state index in [0.29, 0.717) is 32.5 Å². The van der Waals surface area contributed by atoms with E-state index in [1.165, 1.54) is 0 Å². The van der Waals surface area contributed by atoms with Crippen molar-refractivity contribution in [3.63, 3.8) is 0 Å². The van der Waals surface area contributed by atoms with Crippen LogP contribution in [0, 0.1) is 0 Å². The quantitative estimate of drug-likeness (QED) is 0.554. The van der Waals surface area contributed by atoms with Crippen LogP contribution in [-0.4, -0.2) is 41.9 Å². The third-order valence-electron chi connectivity index (χ3n) is 5.44. The zero-order valence-corrected chi connectivity index (χ0v) is 19.2. The number of likely N-dealkylation sites (tertiary alicyclic amines) is 1. The van der Waals surface area contributed by atoms with Crippen molar-refractivity contribution in [2.45, 2.75) is 44.3 Å². The lowest BCUT2D eigenvalue weighted by molar-refractivity contribution is -0.139. The van der Waals surface area contributed by atoms with Crippen LogP contribution in [0.15, 0.2) is 54.6 Å². The highest BCUT2D eigenvalue weighted by atomic mass is 35.5. The van der Waals surface area contributed by atoms with E-state index in [-0.39, 0.29) is 36.6 Å². The van der Waals surface area contributed by atoms with Gasteiger partial charge in [-0.2, -0.15) is 0 Å². The third kappa shape index (κ3) is 7.21. The molecule has 3 rings (SSSR count). The van der Waals surface area contributed by atoms with Gasteiger partial charge in [0.25, 0.3) is 0 Å². The van der Waals surface area contributed by atoms with Crippen molar-refractivity contribution in [1.29, 1.82) is 0 Å². The number of hydrogen-bond donors (Lipinski definition) is 3. The molecule has 5 N–H and O–H groups in total. The second-order valence-electron chi connectivity index (χ2n) is 7.51. The molecular weight excluding hydrogens is 435 g/mol. The average Bonchev–Trinajstić information content (AvgIpc) is 3.23. The lowest BCUT2D eigenvalue weighted by atomic mass is 10.0. The Hall–Kier alpha value is -2.12. The lowest BCUT2D eigenvalue weighted by Gasteiger charge is -2.27. The summed E-state index contributed by atoms with van der Waals surface area (Å²) in [5.41, 5.74) is 15.1. The van der Waals surface area contributed by atoms with Crippen LogP contribution in [0.4, 0.5) is 0 Å². The van der Waals surface area contributed by atoms with Gasteiger partial charge in [0.2, 0.25) is 11.8 Å². The van der Waals surface area contributed by atoms with Crippen LogP contribution in [0.25, 0.3) is 0 Å². The number of rotatable bonds is 8. The third-order valence-corrected chi connectivity index (χ3v) is 5.44. The fourth-order valence-corrected chi connectivity index (χ4v) is 3.90. The summed E-state index contributed by atoms with van der Waals surface area (Å²) in [6, 6.07) is 16.6. The van der Waals surface area contributed by atoms with Crippen LogP contribution in [0.2, 0.25) is 0 Å². The first-order valence-electron chi connectivity index (χ1n) is 10.2. The summed E-state index contributed by atoms with van der Waals surface area (Å²) in [5, 5.41) is 3.00. The fourth-order valence-electron chi connectivity index (χ4n) is 3.90. The maximum absolute atomic E-state index is 12.9.